The Morgan fingerprint density at radius 1 is 0.879 bits per heavy atom. The van der Waals surface area contributed by atoms with Crippen LogP contribution in [0.4, 0.5) is 5.82 Å². The Morgan fingerprint density at radius 2 is 1.67 bits per heavy atom. The molecular weight excluding hydrogens is 414 g/mol. The van der Waals surface area contributed by atoms with Gasteiger partial charge >= 0.3 is 0 Å². The van der Waals surface area contributed by atoms with E-state index in [4.69, 9.17) is 15.2 Å². The van der Waals surface area contributed by atoms with E-state index in [1.54, 1.807) is 4.68 Å². The summed E-state index contributed by atoms with van der Waals surface area (Å²) in [6, 6.07) is 23.5. The quantitative estimate of drug-likeness (QED) is 0.388. The molecule has 2 aromatic heterocycles. The summed E-state index contributed by atoms with van der Waals surface area (Å²) in [6.07, 6.45) is 1.44. The average molecular weight is 438 g/mol. The minimum Gasteiger partial charge on any atom is -0.489 e. The molecule has 0 aliphatic heterocycles. The number of hydrogen-bond acceptors (Lipinski definition) is 6. The second-order valence-corrected chi connectivity index (χ2v) is 7.75. The third-order valence-corrected chi connectivity index (χ3v) is 5.47. The molecular formula is C26H23N5O2. The maximum Gasteiger partial charge on any atom is 0.163 e. The zero-order chi connectivity index (χ0) is 22.8. The predicted octanol–water partition coefficient (Wildman–Crippen LogP) is 5.29. The summed E-state index contributed by atoms with van der Waals surface area (Å²) in [5, 5.41) is 5.32. The third kappa shape index (κ3) is 4.21. The van der Waals surface area contributed by atoms with Gasteiger partial charge in [-0.3, -0.25) is 0 Å². The van der Waals surface area contributed by atoms with Crippen molar-refractivity contribution in [3.63, 3.8) is 0 Å². The second kappa shape index (κ2) is 8.63. The van der Waals surface area contributed by atoms with Gasteiger partial charge in [0.25, 0.3) is 0 Å². The van der Waals surface area contributed by atoms with Crippen molar-refractivity contribution in [1.29, 1.82) is 0 Å². The molecule has 0 amide bonds. The molecule has 7 nitrogen and oxygen atoms in total. The molecule has 164 valence electrons. The number of rotatable bonds is 6. The first-order valence-corrected chi connectivity index (χ1v) is 10.6. The van der Waals surface area contributed by atoms with E-state index in [1.165, 1.54) is 11.9 Å². The number of nitrogen functional groups attached to an aromatic ring is 1. The van der Waals surface area contributed by atoms with Gasteiger partial charge in [-0.05, 0) is 54.4 Å². The van der Waals surface area contributed by atoms with Crippen molar-refractivity contribution in [2.45, 2.75) is 13.5 Å². The maximum absolute atomic E-state index is 6.08. The molecule has 0 unspecified atom stereocenters. The maximum atomic E-state index is 6.08. The number of nitrogens with zero attached hydrogens (tertiary/aromatic N) is 4. The van der Waals surface area contributed by atoms with Gasteiger partial charge in [0.05, 0.1) is 5.39 Å². The van der Waals surface area contributed by atoms with Crippen molar-refractivity contribution >= 4 is 16.9 Å². The molecule has 0 aliphatic rings. The number of ether oxygens (including phenoxy) is 2. The number of aryl methyl sites for hydroxylation is 2. The van der Waals surface area contributed by atoms with E-state index in [0.717, 1.165) is 28.0 Å². The summed E-state index contributed by atoms with van der Waals surface area (Å²) in [5.74, 6) is 2.57. The van der Waals surface area contributed by atoms with E-state index in [9.17, 15) is 0 Å². The van der Waals surface area contributed by atoms with Gasteiger partial charge in [0, 0.05) is 18.7 Å². The van der Waals surface area contributed by atoms with Gasteiger partial charge in [-0.2, -0.15) is 5.10 Å². The van der Waals surface area contributed by atoms with Crippen LogP contribution >= 0.6 is 0 Å². The highest BCUT2D eigenvalue weighted by molar-refractivity contribution is 5.98. The predicted molar refractivity (Wildman–Crippen MR) is 128 cm³/mol. The van der Waals surface area contributed by atoms with Gasteiger partial charge in [0.15, 0.2) is 5.65 Å². The van der Waals surface area contributed by atoms with Gasteiger partial charge in [0.2, 0.25) is 0 Å². The lowest BCUT2D eigenvalue weighted by Gasteiger charge is -2.11. The zero-order valence-corrected chi connectivity index (χ0v) is 18.4. The van der Waals surface area contributed by atoms with Crippen molar-refractivity contribution in [1.82, 2.24) is 19.7 Å². The summed E-state index contributed by atoms with van der Waals surface area (Å²) in [6.45, 7) is 2.59. The number of anilines is 1. The Hall–Kier alpha value is -4.39. The van der Waals surface area contributed by atoms with Crippen molar-refractivity contribution in [2.75, 3.05) is 5.73 Å². The Kier molecular flexibility index (Phi) is 5.36. The van der Waals surface area contributed by atoms with E-state index in [1.807, 2.05) is 67.7 Å². The van der Waals surface area contributed by atoms with Crippen molar-refractivity contribution < 1.29 is 9.47 Å². The fourth-order valence-corrected chi connectivity index (χ4v) is 3.69. The van der Waals surface area contributed by atoms with Crippen molar-refractivity contribution in [2.24, 2.45) is 7.05 Å². The molecule has 0 spiro atoms. The van der Waals surface area contributed by atoms with Gasteiger partial charge in [-0.15, -0.1) is 0 Å². The van der Waals surface area contributed by atoms with Gasteiger partial charge in [0.1, 0.15) is 41.7 Å². The Bertz CT molecular complexity index is 1430. The number of nitrogens with two attached hydrogens (primary N) is 1. The highest BCUT2D eigenvalue weighted by atomic mass is 16.5. The molecule has 2 heterocycles. The lowest BCUT2D eigenvalue weighted by Crippen LogP contribution is -1.97. The van der Waals surface area contributed by atoms with Gasteiger partial charge in [-0.1, -0.05) is 30.3 Å². The minimum atomic E-state index is 0.408. The number of fused-ring (bicyclic) bond motifs is 1. The van der Waals surface area contributed by atoms with Crippen LogP contribution in [-0.2, 0) is 13.7 Å². The first kappa shape index (κ1) is 20.5. The smallest absolute Gasteiger partial charge is 0.163 e. The first-order chi connectivity index (χ1) is 16.1. The Labute approximate surface area is 191 Å². The van der Waals surface area contributed by atoms with Crippen LogP contribution in [0.5, 0.6) is 17.2 Å². The summed E-state index contributed by atoms with van der Waals surface area (Å²) < 4.78 is 13.7. The topological polar surface area (TPSA) is 88.1 Å². The molecule has 5 aromatic rings. The highest BCUT2D eigenvalue weighted by Gasteiger charge is 2.15. The summed E-state index contributed by atoms with van der Waals surface area (Å²) in [7, 11) is 1.84. The number of aromatic nitrogens is 4. The molecule has 33 heavy (non-hydrogen) atoms. The zero-order valence-electron chi connectivity index (χ0n) is 18.4. The fourth-order valence-electron chi connectivity index (χ4n) is 3.69. The second-order valence-electron chi connectivity index (χ2n) is 7.75. The number of benzene rings is 3. The van der Waals surface area contributed by atoms with Crippen molar-refractivity contribution in [3.05, 3.63) is 90.3 Å². The van der Waals surface area contributed by atoms with E-state index in [2.05, 4.69) is 34.1 Å². The summed E-state index contributed by atoms with van der Waals surface area (Å²) >= 11 is 0. The fraction of sp³-hybridized carbons (Fsp3) is 0.115. The third-order valence-electron chi connectivity index (χ3n) is 5.47. The van der Waals surface area contributed by atoms with Crippen LogP contribution in [0.1, 0.15) is 11.1 Å². The van der Waals surface area contributed by atoms with E-state index in [-0.39, 0.29) is 0 Å². The van der Waals surface area contributed by atoms with Crippen LogP contribution in [0.25, 0.3) is 22.3 Å². The minimum absolute atomic E-state index is 0.408. The average Bonchev–Trinajstić information content (AvgIpc) is 3.17. The standard InChI is InChI=1S/C26H23N5O2/c1-17-6-3-4-7-19(17)15-32-21-8-5-9-22(14-21)33-20-12-10-18(11-13-20)24-23-25(27)28-16-29-26(23)31(2)30-24/h3-14,16H,15H2,1-2H3,(H2,27,28,29). The number of hydrogen-bond donors (Lipinski definition) is 1. The van der Waals surface area contributed by atoms with Crippen LogP contribution in [0.15, 0.2) is 79.1 Å². The van der Waals surface area contributed by atoms with Crippen LogP contribution in [0.2, 0.25) is 0 Å². The lowest BCUT2D eigenvalue weighted by molar-refractivity contribution is 0.304. The molecule has 0 atom stereocenters. The molecule has 3 aromatic carbocycles. The van der Waals surface area contributed by atoms with Crippen molar-refractivity contribution in [3.8, 4) is 28.5 Å². The highest BCUT2D eigenvalue weighted by Crippen LogP contribution is 2.32. The Balaban J connectivity index is 1.32. The molecule has 0 aliphatic carbocycles. The SMILES string of the molecule is Cc1ccccc1COc1cccc(Oc2ccc(-c3nn(C)c4ncnc(N)c34)cc2)c1. The van der Waals surface area contributed by atoms with Crippen LogP contribution in [-0.4, -0.2) is 19.7 Å². The van der Waals surface area contributed by atoms with E-state index < -0.39 is 0 Å². The Morgan fingerprint density at radius 3 is 2.48 bits per heavy atom. The summed E-state index contributed by atoms with van der Waals surface area (Å²) in [5.41, 5.74) is 10.8. The molecule has 0 saturated carbocycles. The van der Waals surface area contributed by atoms with Gasteiger partial charge < -0.3 is 15.2 Å². The van der Waals surface area contributed by atoms with Crippen LogP contribution in [0, 0.1) is 6.92 Å². The van der Waals surface area contributed by atoms with Gasteiger partial charge in [-0.25, -0.2) is 14.6 Å². The normalized spacial score (nSPS) is 11.0. The van der Waals surface area contributed by atoms with E-state index >= 15 is 0 Å². The monoisotopic (exact) mass is 437 g/mol. The largest absolute Gasteiger partial charge is 0.489 e. The van der Waals surface area contributed by atoms with Crippen LogP contribution < -0.4 is 15.2 Å². The molecule has 0 saturated heterocycles. The lowest BCUT2D eigenvalue weighted by atomic mass is 10.1. The first-order valence-electron chi connectivity index (χ1n) is 10.6. The van der Waals surface area contributed by atoms with E-state index in [0.29, 0.717) is 29.6 Å². The molecule has 5 rings (SSSR count). The van der Waals surface area contributed by atoms with Crippen LogP contribution in [0.3, 0.4) is 0 Å². The molecule has 0 fully saturated rings. The molecule has 7 heteroatoms. The molecule has 0 bridgehead atoms. The molecule has 2 N–H and O–H groups in total. The summed E-state index contributed by atoms with van der Waals surface area (Å²) in [4.78, 5) is 8.39. The molecule has 0 radical (unpaired) electrons.